The molecule has 1 saturated heterocycles. The van der Waals surface area contributed by atoms with Gasteiger partial charge in [0, 0.05) is 19.9 Å². The molecule has 1 fully saturated rings. The zero-order valence-electron chi connectivity index (χ0n) is 16.2. The first kappa shape index (κ1) is 20.0. The number of morpholine rings is 1. The minimum atomic E-state index is -0.745. The van der Waals surface area contributed by atoms with Gasteiger partial charge in [0.05, 0.1) is 13.2 Å². The molecule has 154 valence electrons. The van der Waals surface area contributed by atoms with E-state index in [0.29, 0.717) is 6.61 Å². The number of rotatable bonds is 3. The number of hydrogen-bond donors (Lipinski definition) is 1. The van der Waals surface area contributed by atoms with E-state index in [9.17, 15) is 14.7 Å². The fraction of sp³-hybridized carbons (Fsp3) is 0.588. The Bertz CT molecular complexity index is 830. The Labute approximate surface area is 161 Å². The van der Waals surface area contributed by atoms with Crippen LogP contribution in [0, 0.1) is 0 Å². The van der Waals surface area contributed by atoms with E-state index >= 15 is 0 Å². The van der Waals surface area contributed by atoms with Crippen molar-refractivity contribution in [2.24, 2.45) is 5.16 Å². The molecule has 3 rings (SSSR count). The lowest BCUT2D eigenvalue weighted by Gasteiger charge is -2.46. The van der Waals surface area contributed by atoms with Crippen LogP contribution in [0.3, 0.4) is 0 Å². The number of fused-ring (bicyclic) bond motifs is 2. The summed E-state index contributed by atoms with van der Waals surface area (Å²) >= 11 is 0. The van der Waals surface area contributed by atoms with Crippen molar-refractivity contribution < 1.29 is 33.7 Å². The van der Waals surface area contributed by atoms with E-state index in [1.165, 1.54) is 34.0 Å². The van der Waals surface area contributed by atoms with Gasteiger partial charge in [-0.3, -0.25) is 4.79 Å². The number of hydrogen-bond acceptors (Lipinski definition) is 8. The minimum absolute atomic E-state index is 0.0347. The summed E-state index contributed by atoms with van der Waals surface area (Å²) in [6.45, 7) is 5.83. The quantitative estimate of drug-likeness (QED) is 0.444. The third-order valence-corrected chi connectivity index (χ3v) is 4.06. The van der Waals surface area contributed by atoms with Gasteiger partial charge in [0.25, 0.3) is 5.91 Å². The lowest BCUT2D eigenvalue weighted by atomic mass is 10.2. The SMILES string of the molecule is COCO/N=c1\ccn2c(c1O)C(=O)N1CCOC[C@H]1N2C(=O)OC(C)(C)C. The molecule has 0 spiro atoms. The van der Waals surface area contributed by atoms with Crippen LogP contribution in [0.5, 0.6) is 5.75 Å². The summed E-state index contributed by atoms with van der Waals surface area (Å²) < 4.78 is 17.0. The topological polar surface area (TPSA) is 115 Å². The van der Waals surface area contributed by atoms with Crippen molar-refractivity contribution in [2.75, 3.05) is 38.7 Å². The Balaban J connectivity index is 2.10. The van der Waals surface area contributed by atoms with E-state index in [0.717, 1.165) is 0 Å². The molecule has 3 heterocycles. The van der Waals surface area contributed by atoms with Gasteiger partial charge in [-0.15, -0.1) is 0 Å². The number of nitrogens with zero attached hydrogens (tertiary/aromatic N) is 4. The molecule has 2 aliphatic heterocycles. The number of aromatic nitrogens is 1. The summed E-state index contributed by atoms with van der Waals surface area (Å²) in [5.74, 6) is -0.864. The molecule has 2 amide bonds. The first-order valence-corrected chi connectivity index (χ1v) is 8.75. The summed E-state index contributed by atoms with van der Waals surface area (Å²) in [5.41, 5.74) is -0.864. The van der Waals surface area contributed by atoms with Crippen molar-refractivity contribution in [3.8, 4) is 5.75 Å². The fourth-order valence-electron chi connectivity index (χ4n) is 2.95. The molecular formula is C17H24N4O7. The van der Waals surface area contributed by atoms with Crippen molar-refractivity contribution in [3.05, 3.63) is 23.3 Å². The molecule has 1 aromatic heterocycles. The van der Waals surface area contributed by atoms with Crippen molar-refractivity contribution in [1.82, 2.24) is 9.58 Å². The third-order valence-electron chi connectivity index (χ3n) is 4.06. The van der Waals surface area contributed by atoms with E-state index in [1.54, 1.807) is 20.8 Å². The smallest absolute Gasteiger partial charge is 0.431 e. The maximum Gasteiger partial charge on any atom is 0.431 e. The number of carbonyl (C=O) groups excluding carboxylic acids is 2. The Morgan fingerprint density at radius 2 is 2.18 bits per heavy atom. The molecule has 1 N–H and O–H groups in total. The van der Waals surface area contributed by atoms with Crippen molar-refractivity contribution >= 4 is 12.0 Å². The first-order chi connectivity index (χ1) is 13.2. The van der Waals surface area contributed by atoms with E-state index in [4.69, 9.17) is 19.0 Å². The van der Waals surface area contributed by atoms with Gasteiger partial charge in [0.15, 0.2) is 17.6 Å². The number of aromatic hydroxyl groups is 1. The Kier molecular flexibility index (Phi) is 5.47. The second-order valence-corrected chi connectivity index (χ2v) is 7.25. The highest BCUT2D eigenvalue weighted by Crippen LogP contribution is 2.26. The molecule has 28 heavy (non-hydrogen) atoms. The van der Waals surface area contributed by atoms with Crippen molar-refractivity contribution in [1.29, 1.82) is 0 Å². The van der Waals surface area contributed by atoms with Crippen LogP contribution in [0.4, 0.5) is 4.79 Å². The Morgan fingerprint density at radius 1 is 1.43 bits per heavy atom. The number of amides is 2. The van der Waals surface area contributed by atoms with E-state index in [2.05, 4.69) is 5.16 Å². The van der Waals surface area contributed by atoms with Gasteiger partial charge in [0.1, 0.15) is 11.0 Å². The summed E-state index contributed by atoms with van der Waals surface area (Å²) in [7, 11) is 1.43. The standard InChI is InChI=1S/C17H24N4O7/c1-17(2,3)28-16(24)21-12-9-26-8-7-19(12)15(23)13-14(22)11(5-6-20(13)21)18-27-10-25-4/h5-6,12,22H,7-10H2,1-4H3/b18-11+/t12-/m1/s1. The molecule has 1 atom stereocenters. The van der Waals surface area contributed by atoms with Gasteiger partial charge < -0.3 is 29.1 Å². The number of ether oxygens (including phenoxy) is 3. The molecule has 0 saturated carbocycles. The van der Waals surface area contributed by atoms with E-state index < -0.39 is 29.5 Å². The summed E-state index contributed by atoms with van der Waals surface area (Å²) in [6.07, 6.45) is 0.0738. The van der Waals surface area contributed by atoms with E-state index in [1.807, 2.05) is 0 Å². The number of pyridine rings is 1. The summed E-state index contributed by atoms with van der Waals surface area (Å²) in [5, 5.41) is 15.7. The van der Waals surface area contributed by atoms with Gasteiger partial charge in [-0.05, 0) is 26.8 Å². The highest BCUT2D eigenvalue weighted by molar-refractivity contribution is 5.98. The van der Waals surface area contributed by atoms with Crippen LogP contribution in [-0.2, 0) is 19.0 Å². The molecule has 0 unspecified atom stereocenters. The number of carbonyl (C=O) groups is 2. The maximum atomic E-state index is 13.0. The zero-order chi connectivity index (χ0) is 20.5. The van der Waals surface area contributed by atoms with Gasteiger partial charge in [-0.1, -0.05) is 5.16 Å². The second-order valence-electron chi connectivity index (χ2n) is 7.25. The minimum Gasteiger partial charge on any atom is -0.504 e. The van der Waals surface area contributed by atoms with Crippen molar-refractivity contribution in [2.45, 2.75) is 32.5 Å². The van der Waals surface area contributed by atoms with Gasteiger partial charge in [-0.25, -0.2) is 9.47 Å². The number of methoxy groups -OCH3 is 1. The maximum absolute atomic E-state index is 13.0. The van der Waals surface area contributed by atoms with E-state index in [-0.39, 0.29) is 31.0 Å². The molecule has 0 radical (unpaired) electrons. The highest BCUT2D eigenvalue weighted by atomic mass is 16.7. The predicted molar refractivity (Wildman–Crippen MR) is 94.7 cm³/mol. The Morgan fingerprint density at radius 3 is 2.86 bits per heavy atom. The first-order valence-electron chi connectivity index (χ1n) is 8.75. The molecule has 11 heteroatoms. The second kappa shape index (κ2) is 7.68. The molecule has 0 bridgehead atoms. The highest BCUT2D eigenvalue weighted by Gasteiger charge is 2.45. The van der Waals surface area contributed by atoms with Crippen molar-refractivity contribution in [3.63, 3.8) is 0 Å². The molecular weight excluding hydrogens is 372 g/mol. The van der Waals surface area contributed by atoms with Gasteiger partial charge in [-0.2, -0.15) is 5.01 Å². The molecule has 1 aromatic rings. The van der Waals surface area contributed by atoms with Gasteiger partial charge in [0.2, 0.25) is 6.79 Å². The van der Waals surface area contributed by atoms with Crippen LogP contribution in [0.25, 0.3) is 0 Å². The third kappa shape index (κ3) is 3.76. The van der Waals surface area contributed by atoms with Crippen LogP contribution >= 0.6 is 0 Å². The molecule has 11 nitrogen and oxygen atoms in total. The molecule has 2 aliphatic rings. The lowest BCUT2D eigenvalue weighted by molar-refractivity contribution is -0.0335. The van der Waals surface area contributed by atoms with Crippen LogP contribution in [0.1, 0.15) is 31.3 Å². The average Bonchev–Trinajstić information content (AvgIpc) is 2.62. The van der Waals surface area contributed by atoms with Crippen LogP contribution in [0.15, 0.2) is 17.4 Å². The zero-order valence-corrected chi connectivity index (χ0v) is 16.2. The normalized spacial score (nSPS) is 19.9. The van der Waals surface area contributed by atoms with Crippen LogP contribution in [-0.4, -0.2) is 72.1 Å². The van der Waals surface area contributed by atoms with Gasteiger partial charge >= 0.3 is 6.09 Å². The summed E-state index contributed by atoms with van der Waals surface area (Å²) in [4.78, 5) is 32.3. The monoisotopic (exact) mass is 396 g/mol. The largest absolute Gasteiger partial charge is 0.504 e. The fourth-order valence-corrected chi connectivity index (χ4v) is 2.95. The van der Waals surface area contributed by atoms with Crippen LogP contribution in [0.2, 0.25) is 0 Å². The average molecular weight is 396 g/mol. The summed E-state index contributed by atoms with van der Waals surface area (Å²) in [6, 6.07) is 1.42. The lowest BCUT2D eigenvalue weighted by Crippen LogP contribution is -2.67. The van der Waals surface area contributed by atoms with Crippen LogP contribution < -0.4 is 10.4 Å². The molecule has 0 aromatic carbocycles. The molecule has 0 aliphatic carbocycles. The predicted octanol–water partition coefficient (Wildman–Crippen LogP) is 0.315. The Hall–Kier alpha value is -2.79.